The summed E-state index contributed by atoms with van der Waals surface area (Å²) in [5.41, 5.74) is 2.33. The highest BCUT2D eigenvalue weighted by Crippen LogP contribution is 2.36. The number of anilines is 1. The maximum atomic E-state index is 14.6. The highest BCUT2D eigenvalue weighted by Gasteiger charge is 2.35. The number of aryl methyl sites for hydroxylation is 1. The van der Waals surface area contributed by atoms with Crippen LogP contribution in [0.15, 0.2) is 102 Å². The smallest absolute Gasteiger partial charge is 0.264 e. The number of amides is 2. The summed E-state index contributed by atoms with van der Waals surface area (Å²) in [5, 5.41) is 3.48. The Hall–Kier alpha value is -3.56. The van der Waals surface area contributed by atoms with E-state index in [4.69, 9.17) is 34.8 Å². The number of sulfonamides is 1. The van der Waals surface area contributed by atoms with Crippen molar-refractivity contribution in [3.05, 3.63) is 129 Å². The first-order chi connectivity index (χ1) is 22.0. The van der Waals surface area contributed by atoms with Crippen molar-refractivity contribution in [2.24, 2.45) is 0 Å². The number of unbranched alkanes of at least 4 members (excludes halogenated alkanes) is 1. The van der Waals surface area contributed by atoms with Crippen LogP contribution < -0.4 is 9.62 Å². The van der Waals surface area contributed by atoms with Crippen molar-refractivity contribution in [2.45, 2.75) is 50.6 Å². The number of carbonyl (C=O) groups excluding carboxylic acids is 2. The van der Waals surface area contributed by atoms with E-state index in [1.165, 1.54) is 29.2 Å². The lowest BCUT2D eigenvalue weighted by Gasteiger charge is -2.34. The molecule has 0 heterocycles. The van der Waals surface area contributed by atoms with E-state index < -0.39 is 28.5 Å². The molecule has 0 saturated carbocycles. The Morgan fingerprint density at radius 3 is 2.15 bits per heavy atom. The predicted octanol–water partition coefficient (Wildman–Crippen LogP) is 7.71. The maximum Gasteiger partial charge on any atom is 0.264 e. The van der Waals surface area contributed by atoms with Gasteiger partial charge in [0.1, 0.15) is 12.6 Å². The molecule has 0 radical (unpaired) electrons. The minimum atomic E-state index is -4.33. The third-order valence-electron chi connectivity index (χ3n) is 7.49. The maximum absolute atomic E-state index is 14.6. The number of nitrogens with zero attached hydrogens (tertiary/aromatic N) is 2. The standard InChI is InChI=1S/C35H36Cl3N3O4S/c1-3-4-21-39-35(43)32(22-26-11-6-5-7-12-26)40(23-27-13-8-9-14-29(27)36)33(42)24-41(31-16-10-15-30(37)34(31)38)46(44,45)28-19-17-25(2)18-20-28/h5-20,32H,3-4,21-24H2,1-2H3,(H,39,43)/t32-/m1/s1. The van der Waals surface area contributed by atoms with Crippen LogP contribution in [0, 0.1) is 6.92 Å². The van der Waals surface area contributed by atoms with Crippen LogP contribution in [-0.4, -0.2) is 44.3 Å². The summed E-state index contributed by atoms with van der Waals surface area (Å²) in [6.07, 6.45) is 1.83. The van der Waals surface area contributed by atoms with Crippen LogP contribution in [0.2, 0.25) is 15.1 Å². The molecule has 0 aliphatic carbocycles. The monoisotopic (exact) mass is 699 g/mol. The molecule has 1 atom stereocenters. The third kappa shape index (κ3) is 8.82. The first-order valence-corrected chi connectivity index (χ1v) is 17.5. The second-order valence-corrected chi connectivity index (χ2v) is 13.9. The topological polar surface area (TPSA) is 86.8 Å². The van der Waals surface area contributed by atoms with E-state index in [-0.39, 0.29) is 39.5 Å². The second kappa shape index (κ2) is 16.3. The van der Waals surface area contributed by atoms with Gasteiger partial charge in [0.15, 0.2) is 0 Å². The summed E-state index contributed by atoms with van der Waals surface area (Å²) in [7, 11) is -4.33. The summed E-state index contributed by atoms with van der Waals surface area (Å²) >= 11 is 19.4. The van der Waals surface area contributed by atoms with Crippen LogP contribution in [0.5, 0.6) is 0 Å². The molecule has 0 spiro atoms. The molecule has 0 aliphatic rings. The Morgan fingerprint density at radius 2 is 1.48 bits per heavy atom. The summed E-state index contributed by atoms with van der Waals surface area (Å²) in [4.78, 5) is 29.8. The number of nitrogens with one attached hydrogen (secondary N) is 1. The fourth-order valence-corrected chi connectivity index (χ4v) is 6.98. The number of halogens is 3. The minimum absolute atomic E-state index is 0.0246. The van der Waals surface area contributed by atoms with Gasteiger partial charge in [-0.15, -0.1) is 0 Å². The third-order valence-corrected chi connectivity index (χ3v) is 10.4. The molecule has 4 rings (SSSR count). The summed E-state index contributed by atoms with van der Waals surface area (Å²) < 4.78 is 29.3. The lowest BCUT2D eigenvalue weighted by Crippen LogP contribution is -2.53. The Morgan fingerprint density at radius 1 is 0.826 bits per heavy atom. The lowest BCUT2D eigenvalue weighted by molar-refractivity contribution is -0.140. The molecule has 1 N–H and O–H groups in total. The van der Waals surface area contributed by atoms with Gasteiger partial charge in [0.05, 0.1) is 20.6 Å². The van der Waals surface area contributed by atoms with Crippen molar-refractivity contribution < 1.29 is 18.0 Å². The van der Waals surface area contributed by atoms with E-state index >= 15 is 0 Å². The molecule has 0 bridgehead atoms. The Bertz CT molecular complexity index is 1750. The van der Waals surface area contributed by atoms with Crippen LogP contribution in [0.4, 0.5) is 5.69 Å². The number of hydrogen-bond acceptors (Lipinski definition) is 4. The molecule has 7 nitrogen and oxygen atoms in total. The molecule has 2 amide bonds. The van der Waals surface area contributed by atoms with Crippen molar-refractivity contribution in [1.82, 2.24) is 10.2 Å². The average Bonchev–Trinajstić information content (AvgIpc) is 3.04. The quantitative estimate of drug-likeness (QED) is 0.137. The fraction of sp³-hybridized carbons (Fsp3) is 0.257. The second-order valence-electron chi connectivity index (χ2n) is 10.9. The fourth-order valence-electron chi connectivity index (χ4n) is 4.91. The average molecular weight is 701 g/mol. The Kier molecular flexibility index (Phi) is 12.5. The molecule has 0 saturated heterocycles. The molecule has 4 aromatic rings. The lowest BCUT2D eigenvalue weighted by atomic mass is 10.0. The van der Waals surface area contributed by atoms with Gasteiger partial charge in [-0.3, -0.25) is 13.9 Å². The summed E-state index contributed by atoms with van der Waals surface area (Å²) in [6.45, 7) is 3.59. The van der Waals surface area contributed by atoms with E-state index in [0.717, 1.165) is 28.3 Å². The number of carbonyl (C=O) groups is 2. The van der Waals surface area contributed by atoms with Crippen molar-refractivity contribution in [1.29, 1.82) is 0 Å². The van der Waals surface area contributed by atoms with Crippen LogP contribution in [0.25, 0.3) is 0 Å². The van der Waals surface area contributed by atoms with Crippen LogP contribution >= 0.6 is 34.8 Å². The molecular weight excluding hydrogens is 665 g/mol. The van der Waals surface area contributed by atoms with Gasteiger partial charge in [-0.25, -0.2) is 8.42 Å². The van der Waals surface area contributed by atoms with Gasteiger partial charge in [-0.05, 0) is 54.8 Å². The van der Waals surface area contributed by atoms with Crippen LogP contribution in [-0.2, 0) is 32.6 Å². The molecule has 11 heteroatoms. The van der Waals surface area contributed by atoms with E-state index in [9.17, 15) is 18.0 Å². The molecule has 242 valence electrons. The number of rotatable bonds is 14. The predicted molar refractivity (Wildman–Crippen MR) is 186 cm³/mol. The van der Waals surface area contributed by atoms with Crippen molar-refractivity contribution in [2.75, 3.05) is 17.4 Å². The van der Waals surface area contributed by atoms with E-state index in [1.54, 1.807) is 42.5 Å². The van der Waals surface area contributed by atoms with E-state index in [2.05, 4.69) is 5.32 Å². The largest absolute Gasteiger partial charge is 0.354 e. The molecule has 0 aliphatic heterocycles. The summed E-state index contributed by atoms with van der Waals surface area (Å²) in [6, 6.07) is 26.3. The van der Waals surface area contributed by atoms with Crippen molar-refractivity contribution in [3.63, 3.8) is 0 Å². The Labute approximate surface area is 286 Å². The molecule has 0 unspecified atom stereocenters. The van der Waals surface area contributed by atoms with E-state index in [1.807, 2.05) is 44.2 Å². The van der Waals surface area contributed by atoms with E-state index in [0.29, 0.717) is 17.1 Å². The zero-order valence-electron chi connectivity index (χ0n) is 25.6. The minimum Gasteiger partial charge on any atom is -0.354 e. The van der Waals surface area contributed by atoms with Crippen LogP contribution in [0.1, 0.15) is 36.5 Å². The normalized spacial score (nSPS) is 11.9. The van der Waals surface area contributed by atoms with Crippen molar-refractivity contribution in [3.8, 4) is 0 Å². The highest BCUT2D eigenvalue weighted by molar-refractivity contribution is 7.92. The molecule has 0 fully saturated rings. The van der Waals surface area contributed by atoms with Gasteiger partial charge >= 0.3 is 0 Å². The summed E-state index contributed by atoms with van der Waals surface area (Å²) in [5.74, 6) is -0.982. The van der Waals surface area contributed by atoms with Gasteiger partial charge in [-0.2, -0.15) is 0 Å². The van der Waals surface area contributed by atoms with Gasteiger partial charge in [-0.1, -0.05) is 120 Å². The molecule has 0 aromatic heterocycles. The molecule has 46 heavy (non-hydrogen) atoms. The van der Waals surface area contributed by atoms with Crippen molar-refractivity contribution >= 4 is 62.3 Å². The molecule has 4 aromatic carbocycles. The number of hydrogen-bond donors (Lipinski definition) is 1. The first kappa shape index (κ1) is 35.3. The first-order valence-electron chi connectivity index (χ1n) is 14.9. The van der Waals surface area contributed by atoms with Gasteiger partial charge in [0.2, 0.25) is 11.8 Å². The van der Waals surface area contributed by atoms with Gasteiger partial charge in [0.25, 0.3) is 10.0 Å². The zero-order valence-corrected chi connectivity index (χ0v) is 28.7. The highest BCUT2D eigenvalue weighted by atomic mass is 35.5. The SMILES string of the molecule is CCCCNC(=O)[C@@H](Cc1ccccc1)N(Cc1ccccc1Cl)C(=O)CN(c1cccc(Cl)c1Cl)S(=O)(=O)c1ccc(C)cc1. The van der Waals surface area contributed by atoms with Crippen LogP contribution in [0.3, 0.4) is 0 Å². The van der Waals surface area contributed by atoms with Gasteiger partial charge < -0.3 is 10.2 Å². The zero-order chi connectivity index (χ0) is 33.3. The Balaban J connectivity index is 1.83. The number of benzene rings is 4. The van der Waals surface area contributed by atoms with Gasteiger partial charge in [0, 0.05) is 24.5 Å². The molecular formula is C35H36Cl3N3O4S.